The summed E-state index contributed by atoms with van der Waals surface area (Å²) in [5, 5.41) is 7.65. The second-order valence-corrected chi connectivity index (χ2v) is 4.98. The Kier molecular flexibility index (Phi) is 4.22. The van der Waals surface area contributed by atoms with Gasteiger partial charge in [0.1, 0.15) is 5.82 Å². The molecule has 0 saturated heterocycles. The zero-order chi connectivity index (χ0) is 13.0. The van der Waals surface area contributed by atoms with Crippen LogP contribution in [-0.4, -0.2) is 12.1 Å². The van der Waals surface area contributed by atoms with Gasteiger partial charge in [-0.05, 0) is 40.2 Å². The number of hydrogen-bond donors (Lipinski definition) is 1. The molecule has 0 fully saturated rings. The van der Waals surface area contributed by atoms with E-state index in [9.17, 15) is 9.18 Å². The van der Waals surface area contributed by atoms with Crippen LogP contribution in [0.1, 0.15) is 15.9 Å². The van der Waals surface area contributed by atoms with Crippen molar-refractivity contribution < 1.29 is 9.18 Å². The Morgan fingerprint density at radius 2 is 2.06 bits per heavy atom. The largest absolute Gasteiger partial charge is 0.271 e. The van der Waals surface area contributed by atoms with Crippen LogP contribution in [0, 0.1) is 5.82 Å². The van der Waals surface area contributed by atoms with Crippen LogP contribution < -0.4 is 5.43 Å². The van der Waals surface area contributed by atoms with Crippen LogP contribution in [0.5, 0.6) is 0 Å². The third-order valence-corrected chi connectivity index (χ3v) is 3.87. The van der Waals surface area contributed by atoms with Crippen LogP contribution >= 0.6 is 27.3 Å². The van der Waals surface area contributed by atoms with E-state index < -0.39 is 0 Å². The standard InChI is InChI=1S/C12H8BrFN2OS/c13-11-7-18-6-9(11)5-15-16-12(17)8-1-3-10(14)4-2-8/h1-7H,(H,16,17). The first-order valence-corrected chi connectivity index (χ1v) is 6.71. The van der Waals surface area contributed by atoms with Crippen LogP contribution in [0.3, 0.4) is 0 Å². The predicted octanol–water partition coefficient (Wildman–Crippen LogP) is 3.41. The molecule has 0 aliphatic carbocycles. The van der Waals surface area contributed by atoms with Gasteiger partial charge in [-0.1, -0.05) is 0 Å². The lowest BCUT2D eigenvalue weighted by Gasteiger charge is -1.98. The Hall–Kier alpha value is -1.53. The first kappa shape index (κ1) is 12.9. The van der Waals surface area contributed by atoms with Gasteiger partial charge >= 0.3 is 0 Å². The fraction of sp³-hybridized carbons (Fsp3) is 0. The first-order chi connectivity index (χ1) is 8.66. The molecule has 0 bridgehead atoms. The fourth-order valence-electron chi connectivity index (χ4n) is 1.21. The Bertz CT molecular complexity index is 580. The van der Waals surface area contributed by atoms with E-state index in [2.05, 4.69) is 26.5 Å². The lowest BCUT2D eigenvalue weighted by atomic mass is 10.2. The zero-order valence-electron chi connectivity index (χ0n) is 9.06. The summed E-state index contributed by atoms with van der Waals surface area (Å²) in [7, 11) is 0. The van der Waals surface area contributed by atoms with E-state index >= 15 is 0 Å². The van der Waals surface area contributed by atoms with E-state index in [0.717, 1.165) is 10.0 Å². The maximum absolute atomic E-state index is 12.7. The molecule has 3 nitrogen and oxygen atoms in total. The SMILES string of the molecule is O=C(NN=Cc1cscc1Br)c1ccc(F)cc1. The third-order valence-electron chi connectivity index (χ3n) is 2.12. The molecule has 1 N–H and O–H groups in total. The summed E-state index contributed by atoms with van der Waals surface area (Å²) in [6.45, 7) is 0. The molecule has 0 atom stereocenters. The monoisotopic (exact) mass is 326 g/mol. The van der Waals surface area contributed by atoms with Crippen molar-refractivity contribution in [2.45, 2.75) is 0 Å². The minimum Gasteiger partial charge on any atom is -0.267 e. The van der Waals surface area contributed by atoms with Crippen LogP contribution in [-0.2, 0) is 0 Å². The summed E-state index contributed by atoms with van der Waals surface area (Å²) in [5.74, 6) is -0.755. The fourth-order valence-corrected chi connectivity index (χ4v) is 2.56. The van der Waals surface area contributed by atoms with Gasteiger partial charge in [-0.3, -0.25) is 4.79 Å². The highest BCUT2D eigenvalue weighted by atomic mass is 79.9. The van der Waals surface area contributed by atoms with E-state index in [1.54, 1.807) is 6.21 Å². The second kappa shape index (κ2) is 5.88. The van der Waals surface area contributed by atoms with Crippen molar-refractivity contribution in [2.75, 3.05) is 0 Å². The highest BCUT2D eigenvalue weighted by molar-refractivity contribution is 9.10. The summed E-state index contributed by atoms with van der Waals surface area (Å²) in [6, 6.07) is 5.27. The van der Waals surface area contributed by atoms with Crippen LogP contribution in [0.2, 0.25) is 0 Å². The van der Waals surface area contributed by atoms with Crippen molar-refractivity contribution in [1.29, 1.82) is 0 Å². The molecule has 0 unspecified atom stereocenters. The molecule has 0 saturated carbocycles. The zero-order valence-corrected chi connectivity index (χ0v) is 11.5. The molecule has 2 aromatic rings. The van der Waals surface area contributed by atoms with Gasteiger partial charge in [0.15, 0.2) is 0 Å². The number of nitrogens with zero attached hydrogens (tertiary/aromatic N) is 1. The first-order valence-electron chi connectivity index (χ1n) is 4.97. The van der Waals surface area contributed by atoms with E-state index in [1.165, 1.54) is 35.6 Å². The van der Waals surface area contributed by atoms with Gasteiger partial charge in [0.05, 0.1) is 6.21 Å². The van der Waals surface area contributed by atoms with E-state index in [0.29, 0.717) is 5.56 Å². The summed E-state index contributed by atoms with van der Waals surface area (Å²) < 4.78 is 13.6. The molecule has 1 aromatic heterocycles. The van der Waals surface area contributed by atoms with Gasteiger partial charge in [-0.15, -0.1) is 0 Å². The Balaban J connectivity index is 1.98. The van der Waals surface area contributed by atoms with Crippen LogP contribution in [0.4, 0.5) is 4.39 Å². The number of hydrogen-bond acceptors (Lipinski definition) is 3. The van der Waals surface area contributed by atoms with Gasteiger partial charge < -0.3 is 0 Å². The molecular weight excluding hydrogens is 319 g/mol. The number of nitrogens with one attached hydrogen (secondary N) is 1. The number of rotatable bonds is 3. The van der Waals surface area contributed by atoms with E-state index in [4.69, 9.17) is 0 Å². The average Bonchev–Trinajstić information content (AvgIpc) is 2.76. The van der Waals surface area contributed by atoms with Crippen molar-refractivity contribution in [3.8, 4) is 0 Å². The second-order valence-electron chi connectivity index (χ2n) is 3.38. The maximum atomic E-state index is 12.7. The summed E-state index contributed by atoms with van der Waals surface area (Å²) in [4.78, 5) is 11.6. The van der Waals surface area contributed by atoms with Crippen molar-refractivity contribution in [2.24, 2.45) is 5.10 Å². The minimum atomic E-state index is -0.378. The smallest absolute Gasteiger partial charge is 0.267 e. The lowest BCUT2D eigenvalue weighted by Crippen LogP contribution is -2.17. The molecule has 18 heavy (non-hydrogen) atoms. The third kappa shape index (κ3) is 3.24. The molecule has 2 rings (SSSR count). The maximum Gasteiger partial charge on any atom is 0.271 e. The van der Waals surface area contributed by atoms with Gasteiger partial charge in [0, 0.05) is 26.4 Å². The molecule has 0 aliphatic heterocycles. The average molecular weight is 327 g/mol. The molecule has 1 amide bonds. The topological polar surface area (TPSA) is 41.5 Å². The normalized spacial score (nSPS) is 10.8. The quantitative estimate of drug-likeness (QED) is 0.681. The van der Waals surface area contributed by atoms with Crippen LogP contribution in [0.15, 0.2) is 44.6 Å². The number of amides is 1. The van der Waals surface area contributed by atoms with Crippen molar-refractivity contribution in [3.63, 3.8) is 0 Å². The summed E-state index contributed by atoms with van der Waals surface area (Å²) in [6.07, 6.45) is 1.54. The molecular formula is C12H8BrFN2OS. The Morgan fingerprint density at radius 3 is 2.67 bits per heavy atom. The Morgan fingerprint density at radius 1 is 1.33 bits per heavy atom. The van der Waals surface area contributed by atoms with Gasteiger partial charge in [-0.2, -0.15) is 16.4 Å². The number of carbonyl (C=O) groups is 1. The molecule has 6 heteroatoms. The number of thiophene rings is 1. The molecule has 1 heterocycles. The Labute approximate surface area is 115 Å². The number of halogens is 2. The molecule has 0 radical (unpaired) electrons. The molecule has 92 valence electrons. The summed E-state index contributed by atoms with van der Waals surface area (Å²) in [5.41, 5.74) is 3.62. The van der Waals surface area contributed by atoms with Crippen LogP contribution in [0.25, 0.3) is 0 Å². The van der Waals surface area contributed by atoms with Gasteiger partial charge in [-0.25, -0.2) is 9.82 Å². The predicted molar refractivity (Wildman–Crippen MR) is 73.5 cm³/mol. The highest BCUT2D eigenvalue weighted by Crippen LogP contribution is 2.19. The van der Waals surface area contributed by atoms with Crippen molar-refractivity contribution in [1.82, 2.24) is 5.43 Å². The molecule has 0 spiro atoms. The number of hydrazone groups is 1. The van der Waals surface area contributed by atoms with Crippen molar-refractivity contribution in [3.05, 3.63) is 56.4 Å². The number of benzene rings is 1. The van der Waals surface area contributed by atoms with E-state index in [-0.39, 0.29) is 11.7 Å². The van der Waals surface area contributed by atoms with E-state index in [1.807, 2.05) is 10.8 Å². The highest BCUT2D eigenvalue weighted by Gasteiger charge is 2.03. The van der Waals surface area contributed by atoms with Gasteiger partial charge in [0.2, 0.25) is 0 Å². The molecule has 1 aromatic carbocycles. The lowest BCUT2D eigenvalue weighted by molar-refractivity contribution is 0.0955. The van der Waals surface area contributed by atoms with Gasteiger partial charge in [0.25, 0.3) is 5.91 Å². The van der Waals surface area contributed by atoms with Crippen molar-refractivity contribution >= 4 is 39.4 Å². The molecule has 0 aliphatic rings. The number of carbonyl (C=O) groups excluding carboxylic acids is 1. The minimum absolute atomic E-state index is 0.359. The summed E-state index contributed by atoms with van der Waals surface area (Å²) >= 11 is 4.88.